The third-order valence-corrected chi connectivity index (χ3v) is 2.54. The summed E-state index contributed by atoms with van der Waals surface area (Å²) < 4.78 is 10.8. The van der Waals surface area contributed by atoms with Gasteiger partial charge >= 0.3 is 0 Å². The average Bonchev–Trinajstić information content (AvgIpc) is 2.87. The van der Waals surface area contributed by atoms with Crippen LogP contribution in [0.15, 0.2) is 12.4 Å². The quantitative estimate of drug-likeness (QED) is 0.746. The van der Waals surface area contributed by atoms with Gasteiger partial charge in [-0.2, -0.15) is 0 Å². The molecule has 0 spiro atoms. The molecule has 1 saturated heterocycles. The van der Waals surface area contributed by atoms with Crippen molar-refractivity contribution in [3.8, 4) is 5.88 Å². The molecule has 1 aromatic rings. The number of hydrogen-bond donors (Lipinski definition) is 2. The van der Waals surface area contributed by atoms with Crippen molar-refractivity contribution in [3.05, 3.63) is 12.4 Å². The Bertz CT molecular complexity index is 342. The van der Waals surface area contributed by atoms with Crippen LogP contribution in [0.4, 0.5) is 5.82 Å². The first-order valence-corrected chi connectivity index (χ1v) is 5.89. The maximum atomic E-state index is 5.52. The predicted octanol–water partition coefficient (Wildman–Crippen LogP) is 0.405. The van der Waals surface area contributed by atoms with Gasteiger partial charge in [0.1, 0.15) is 18.8 Å². The normalized spacial score (nSPS) is 19.2. The van der Waals surface area contributed by atoms with Crippen molar-refractivity contribution in [2.45, 2.75) is 18.9 Å². The van der Waals surface area contributed by atoms with Crippen LogP contribution >= 0.6 is 0 Å². The molecule has 1 aliphatic rings. The molecule has 0 bridgehead atoms. The third-order valence-electron chi connectivity index (χ3n) is 2.54. The van der Waals surface area contributed by atoms with Crippen LogP contribution in [0.3, 0.4) is 0 Å². The lowest BCUT2D eigenvalue weighted by Gasteiger charge is -2.11. The molecule has 0 radical (unpaired) electrons. The maximum absolute atomic E-state index is 5.52. The molecule has 6 nitrogen and oxygen atoms in total. The second-order valence-corrected chi connectivity index (χ2v) is 3.89. The van der Waals surface area contributed by atoms with Gasteiger partial charge < -0.3 is 20.5 Å². The van der Waals surface area contributed by atoms with E-state index in [0.29, 0.717) is 25.1 Å². The Morgan fingerprint density at radius 2 is 2.47 bits per heavy atom. The maximum Gasteiger partial charge on any atom is 0.218 e. The summed E-state index contributed by atoms with van der Waals surface area (Å²) in [5.41, 5.74) is 5.36. The van der Waals surface area contributed by atoms with Crippen LogP contribution in [0, 0.1) is 0 Å². The highest BCUT2D eigenvalue weighted by atomic mass is 16.5. The number of nitrogens with two attached hydrogens (primary N) is 1. The third kappa shape index (κ3) is 3.83. The number of anilines is 1. The summed E-state index contributed by atoms with van der Waals surface area (Å²) in [6, 6.07) is 1.77. The van der Waals surface area contributed by atoms with E-state index in [-0.39, 0.29) is 0 Å². The monoisotopic (exact) mass is 238 g/mol. The second-order valence-electron chi connectivity index (χ2n) is 3.89. The van der Waals surface area contributed by atoms with Crippen molar-refractivity contribution in [1.82, 2.24) is 9.97 Å². The molecule has 1 fully saturated rings. The Hall–Kier alpha value is -1.40. The first kappa shape index (κ1) is 12.1. The molecule has 1 aliphatic heterocycles. The van der Waals surface area contributed by atoms with E-state index in [1.54, 1.807) is 6.07 Å². The zero-order valence-electron chi connectivity index (χ0n) is 9.76. The van der Waals surface area contributed by atoms with Crippen molar-refractivity contribution in [1.29, 1.82) is 0 Å². The first-order valence-electron chi connectivity index (χ1n) is 5.89. The van der Waals surface area contributed by atoms with E-state index in [0.717, 1.165) is 31.8 Å². The lowest BCUT2D eigenvalue weighted by Crippen LogP contribution is -2.19. The molecular formula is C11H18N4O2. The summed E-state index contributed by atoms with van der Waals surface area (Å²) in [6.07, 6.45) is 4.01. The molecule has 17 heavy (non-hydrogen) atoms. The van der Waals surface area contributed by atoms with Gasteiger partial charge in [-0.05, 0) is 12.8 Å². The summed E-state index contributed by atoms with van der Waals surface area (Å²) in [5, 5.41) is 3.22. The van der Waals surface area contributed by atoms with Gasteiger partial charge in [0.15, 0.2) is 0 Å². The molecule has 1 atom stereocenters. The van der Waals surface area contributed by atoms with Gasteiger partial charge in [0, 0.05) is 25.8 Å². The molecule has 3 N–H and O–H groups in total. The zero-order valence-corrected chi connectivity index (χ0v) is 9.76. The van der Waals surface area contributed by atoms with E-state index in [1.165, 1.54) is 6.33 Å². The van der Waals surface area contributed by atoms with Crippen LogP contribution in [0.25, 0.3) is 0 Å². The Balaban J connectivity index is 1.82. The smallest absolute Gasteiger partial charge is 0.218 e. The summed E-state index contributed by atoms with van der Waals surface area (Å²) in [6.45, 7) is 2.57. The van der Waals surface area contributed by atoms with Gasteiger partial charge in [0.25, 0.3) is 0 Å². The zero-order chi connectivity index (χ0) is 11.9. The summed E-state index contributed by atoms with van der Waals surface area (Å²) in [5.74, 6) is 1.29. The lowest BCUT2D eigenvalue weighted by molar-refractivity contribution is 0.120. The van der Waals surface area contributed by atoms with Crippen molar-refractivity contribution in [3.63, 3.8) is 0 Å². The minimum Gasteiger partial charge on any atom is -0.476 e. The van der Waals surface area contributed by atoms with Crippen LogP contribution in [0.2, 0.25) is 0 Å². The highest BCUT2D eigenvalue weighted by Gasteiger charge is 2.15. The number of nitrogens with one attached hydrogen (secondary N) is 1. The molecule has 0 amide bonds. The van der Waals surface area contributed by atoms with Gasteiger partial charge in [-0.1, -0.05) is 0 Å². The number of rotatable bonds is 6. The van der Waals surface area contributed by atoms with Gasteiger partial charge in [-0.25, -0.2) is 9.97 Å². The number of aromatic nitrogens is 2. The van der Waals surface area contributed by atoms with Crippen LogP contribution in [-0.2, 0) is 4.74 Å². The van der Waals surface area contributed by atoms with Gasteiger partial charge in [0.2, 0.25) is 5.88 Å². The van der Waals surface area contributed by atoms with E-state index in [1.807, 2.05) is 0 Å². The number of hydrogen-bond acceptors (Lipinski definition) is 6. The Kier molecular flexibility index (Phi) is 4.52. The Labute approximate surface area is 101 Å². The molecule has 94 valence electrons. The van der Waals surface area contributed by atoms with Crippen molar-refractivity contribution in [2.75, 3.05) is 31.6 Å². The SMILES string of the molecule is NCCOc1cc(NC[C@@H]2CCCO2)ncn1. The molecule has 0 unspecified atom stereocenters. The minimum atomic E-state index is 0.290. The largest absolute Gasteiger partial charge is 0.476 e. The first-order chi connectivity index (χ1) is 8.38. The van der Waals surface area contributed by atoms with Crippen LogP contribution < -0.4 is 15.8 Å². The fourth-order valence-corrected chi connectivity index (χ4v) is 1.70. The Morgan fingerprint density at radius 1 is 1.53 bits per heavy atom. The fourth-order valence-electron chi connectivity index (χ4n) is 1.70. The van der Waals surface area contributed by atoms with E-state index in [9.17, 15) is 0 Å². The van der Waals surface area contributed by atoms with Crippen molar-refractivity contribution >= 4 is 5.82 Å². The van der Waals surface area contributed by atoms with Crippen LogP contribution in [-0.4, -0.2) is 42.4 Å². The summed E-state index contributed by atoms with van der Waals surface area (Å²) >= 11 is 0. The number of ether oxygens (including phenoxy) is 2. The average molecular weight is 238 g/mol. The van der Waals surface area contributed by atoms with Crippen molar-refractivity contribution in [2.24, 2.45) is 5.73 Å². The van der Waals surface area contributed by atoms with Crippen LogP contribution in [0.1, 0.15) is 12.8 Å². The fraction of sp³-hybridized carbons (Fsp3) is 0.636. The van der Waals surface area contributed by atoms with Crippen molar-refractivity contribution < 1.29 is 9.47 Å². The topological polar surface area (TPSA) is 82.3 Å². The van der Waals surface area contributed by atoms with E-state index in [4.69, 9.17) is 15.2 Å². The Morgan fingerprint density at radius 3 is 3.24 bits per heavy atom. The van der Waals surface area contributed by atoms with E-state index >= 15 is 0 Å². The minimum absolute atomic E-state index is 0.290. The second kappa shape index (κ2) is 6.36. The molecule has 2 heterocycles. The molecule has 6 heteroatoms. The van der Waals surface area contributed by atoms with Gasteiger partial charge in [0.05, 0.1) is 6.10 Å². The standard InChI is InChI=1S/C11H18N4O2/c12-3-5-17-11-6-10(14-8-15-11)13-7-9-2-1-4-16-9/h6,8-9H,1-5,7,12H2,(H,13,14,15)/t9-/m0/s1. The van der Waals surface area contributed by atoms with Gasteiger partial charge in [-0.3, -0.25) is 0 Å². The predicted molar refractivity (Wildman–Crippen MR) is 64.0 cm³/mol. The molecule has 0 aromatic carbocycles. The number of nitrogens with zero attached hydrogens (tertiary/aromatic N) is 2. The summed E-state index contributed by atoms with van der Waals surface area (Å²) in [4.78, 5) is 8.12. The van der Waals surface area contributed by atoms with E-state index in [2.05, 4.69) is 15.3 Å². The molecule has 0 saturated carbocycles. The van der Waals surface area contributed by atoms with Crippen LogP contribution in [0.5, 0.6) is 5.88 Å². The van der Waals surface area contributed by atoms with E-state index < -0.39 is 0 Å². The molecule has 1 aromatic heterocycles. The highest BCUT2D eigenvalue weighted by Crippen LogP contribution is 2.14. The highest BCUT2D eigenvalue weighted by molar-refractivity contribution is 5.37. The van der Waals surface area contributed by atoms with Gasteiger partial charge in [-0.15, -0.1) is 0 Å². The molecule has 0 aliphatic carbocycles. The lowest BCUT2D eigenvalue weighted by atomic mass is 10.2. The molecular weight excluding hydrogens is 220 g/mol. The summed E-state index contributed by atoms with van der Waals surface area (Å²) in [7, 11) is 0. The molecule has 2 rings (SSSR count).